The van der Waals surface area contributed by atoms with Gasteiger partial charge in [-0.2, -0.15) is 0 Å². The molecule has 3 N–H and O–H groups in total. The minimum Gasteiger partial charge on any atom is -0.326 e. The lowest BCUT2D eigenvalue weighted by molar-refractivity contribution is 0.580. The summed E-state index contributed by atoms with van der Waals surface area (Å²) >= 11 is 0. The van der Waals surface area contributed by atoms with Crippen LogP contribution >= 0.6 is 0 Å². The van der Waals surface area contributed by atoms with Crippen LogP contribution in [0, 0.1) is 6.92 Å². The molecule has 0 aliphatic rings. The SMILES string of the molecule is Cc1cnc(CNS(=O)(=O)c2cccc(CN)c2)cn1. The second kappa shape index (κ2) is 6.08. The van der Waals surface area contributed by atoms with Crippen LogP contribution in [0.25, 0.3) is 0 Å². The molecule has 1 aromatic heterocycles. The predicted octanol–water partition coefficient (Wildman–Crippen LogP) is 0.722. The van der Waals surface area contributed by atoms with Gasteiger partial charge in [-0.05, 0) is 24.6 Å². The molecule has 7 heteroatoms. The lowest BCUT2D eigenvalue weighted by Crippen LogP contribution is -2.24. The van der Waals surface area contributed by atoms with E-state index in [1.807, 2.05) is 6.92 Å². The van der Waals surface area contributed by atoms with Crippen LogP contribution in [0.3, 0.4) is 0 Å². The maximum atomic E-state index is 12.1. The Bertz CT molecular complexity index is 684. The molecule has 0 radical (unpaired) electrons. The van der Waals surface area contributed by atoms with Gasteiger partial charge < -0.3 is 5.73 Å². The Balaban J connectivity index is 2.12. The molecule has 0 fully saturated rings. The zero-order valence-corrected chi connectivity index (χ0v) is 11.9. The molecule has 106 valence electrons. The van der Waals surface area contributed by atoms with Gasteiger partial charge in [0.25, 0.3) is 0 Å². The maximum absolute atomic E-state index is 12.1. The standard InChI is InChI=1S/C13H16N4O2S/c1-10-7-16-12(8-15-10)9-17-20(18,19)13-4-2-3-11(5-13)6-14/h2-5,7-8,17H,6,9,14H2,1H3. The zero-order chi connectivity index (χ0) is 14.6. The first-order valence-corrected chi connectivity index (χ1v) is 7.56. The van der Waals surface area contributed by atoms with Gasteiger partial charge in [0.05, 0.1) is 29.0 Å². The highest BCUT2D eigenvalue weighted by molar-refractivity contribution is 7.89. The van der Waals surface area contributed by atoms with Crippen molar-refractivity contribution in [1.29, 1.82) is 0 Å². The van der Waals surface area contributed by atoms with Gasteiger partial charge in [0.1, 0.15) is 0 Å². The minimum atomic E-state index is -3.57. The Morgan fingerprint density at radius 1 is 1.25 bits per heavy atom. The molecule has 1 aromatic carbocycles. The third kappa shape index (κ3) is 3.60. The van der Waals surface area contributed by atoms with Crippen molar-refractivity contribution in [2.75, 3.05) is 0 Å². The topological polar surface area (TPSA) is 98.0 Å². The van der Waals surface area contributed by atoms with E-state index in [4.69, 9.17) is 5.73 Å². The fraction of sp³-hybridized carbons (Fsp3) is 0.231. The van der Waals surface area contributed by atoms with Crippen molar-refractivity contribution in [3.8, 4) is 0 Å². The average Bonchev–Trinajstić information content (AvgIpc) is 2.47. The van der Waals surface area contributed by atoms with Crippen LogP contribution in [0.4, 0.5) is 0 Å². The Morgan fingerprint density at radius 2 is 2.05 bits per heavy atom. The number of nitrogens with zero attached hydrogens (tertiary/aromatic N) is 2. The monoisotopic (exact) mass is 292 g/mol. The second-order valence-corrected chi connectivity index (χ2v) is 6.09. The molecule has 0 saturated heterocycles. The van der Waals surface area contributed by atoms with Gasteiger partial charge >= 0.3 is 0 Å². The zero-order valence-electron chi connectivity index (χ0n) is 11.1. The highest BCUT2D eigenvalue weighted by Crippen LogP contribution is 2.11. The molecule has 0 aliphatic heterocycles. The van der Waals surface area contributed by atoms with Crippen LogP contribution in [0.15, 0.2) is 41.6 Å². The van der Waals surface area contributed by atoms with Gasteiger partial charge in [-0.1, -0.05) is 12.1 Å². The summed E-state index contributed by atoms with van der Waals surface area (Å²) in [5.41, 5.74) is 7.62. The highest BCUT2D eigenvalue weighted by Gasteiger charge is 2.14. The molecule has 1 heterocycles. The summed E-state index contributed by atoms with van der Waals surface area (Å²) in [5.74, 6) is 0. The Kier molecular flexibility index (Phi) is 4.43. The summed E-state index contributed by atoms with van der Waals surface area (Å²) in [5, 5.41) is 0. The number of sulfonamides is 1. The van der Waals surface area contributed by atoms with Crippen LogP contribution < -0.4 is 10.5 Å². The Hall–Kier alpha value is -1.83. The lowest BCUT2D eigenvalue weighted by atomic mass is 10.2. The smallest absolute Gasteiger partial charge is 0.240 e. The normalized spacial score (nSPS) is 11.5. The molecule has 0 atom stereocenters. The number of nitrogens with two attached hydrogens (primary N) is 1. The molecule has 0 spiro atoms. The molecular weight excluding hydrogens is 276 g/mol. The first-order valence-electron chi connectivity index (χ1n) is 6.07. The van der Waals surface area contributed by atoms with Crippen molar-refractivity contribution in [2.45, 2.75) is 24.9 Å². The fourth-order valence-electron chi connectivity index (χ4n) is 1.60. The van der Waals surface area contributed by atoms with E-state index in [1.165, 1.54) is 6.07 Å². The van der Waals surface area contributed by atoms with Gasteiger partial charge in [-0.25, -0.2) is 13.1 Å². The lowest BCUT2D eigenvalue weighted by Gasteiger charge is -2.07. The van der Waals surface area contributed by atoms with E-state index >= 15 is 0 Å². The van der Waals surface area contributed by atoms with Gasteiger partial charge in [-0.15, -0.1) is 0 Å². The Labute approximate surface area is 118 Å². The van der Waals surface area contributed by atoms with E-state index in [0.29, 0.717) is 12.2 Å². The van der Waals surface area contributed by atoms with Gasteiger partial charge in [0.15, 0.2) is 0 Å². The molecule has 20 heavy (non-hydrogen) atoms. The summed E-state index contributed by atoms with van der Waals surface area (Å²) in [7, 11) is -3.57. The molecule has 2 aromatic rings. The van der Waals surface area contributed by atoms with Gasteiger partial charge in [0.2, 0.25) is 10.0 Å². The van der Waals surface area contributed by atoms with Crippen molar-refractivity contribution in [1.82, 2.24) is 14.7 Å². The summed E-state index contributed by atoms with van der Waals surface area (Å²) in [4.78, 5) is 8.36. The van der Waals surface area contributed by atoms with Gasteiger partial charge in [0, 0.05) is 12.7 Å². The largest absolute Gasteiger partial charge is 0.326 e. The van der Waals surface area contributed by atoms with Crippen LogP contribution in [-0.4, -0.2) is 18.4 Å². The molecule has 0 aliphatic carbocycles. The summed E-state index contributed by atoms with van der Waals surface area (Å²) < 4.78 is 26.8. The van der Waals surface area contributed by atoms with Crippen LogP contribution in [0.2, 0.25) is 0 Å². The van der Waals surface area contributed by atoms with E-state index in [2.05, 4.69) is 14.7 Å². The fourth-order valence-corrected chi connectivity index (χ4v) is 2.67. The molecular formula is C13H16N4O2S. The van der Waals surface area contributed by atoms with E-state index in [0.717, 1.165) is 11.3 Å². The van der Waals surface area contributed by atoms with Crippen molar-refractivity contribution in [3.05, 3.63) is 53.6 Å². The number of rotatable bonds is 5. The van der Waals surface area contributed by atoms with E-state index in [-0.39, 0.29) is 11.4 Å². The third-order valence-electron chi connectivity index (χ3n) is 2.72. The second-order valence-electron chi connectivity index (χ2n) is 4.33. The number of nitrogens with one attached hydrogen (secondary N) is 1. The maximum Gasteiger partial charge on any atom is 0.240 e. The predicted molar refractivity (Wildman–Crippen MR) is 75.1 cm³/mol. The van der Waals surface area contributed by atoms with E-state index in [1.54, 1.807) is 30.6 Å². The number of hydrogen-bond acceptors (Lipinski definition) is 5. The molecule has 0 bridgehead atoms. The first-order chi connectivity index (χ1) is 9.51. The minimum absolute atomic E-state index is 0.0997. The number of aromatic nitrogens is 2. The van der Waals surface area contributed by atoms with Gasteiger partial charge in [-0.3, -0.25) is 9.97 Å². The summed E-state index contributed by atoms with van der Waals surface area (Å²) in [6.07, 6.45) is 3.15. The van der Waals surface area contributed by atoms with E-state index in [9.17, 15) is 8.42 Å². The number of benzene rings is 1. The Morgan fingerprint density at radius 3 is 2.70 bits per heavy atom. The van der Waals surface area contributed by atoms with Crippen LogP contribution in [0.5, 0.6) is 0 Å². The third-order valence-corrected chi connectivity index (χ3v) is 4.12. The molecule has 0 unspecified atom stereocenters. The van der Waals surface area contributed by atoms with Crippen molar-refractivity contribution >= 4 is 10.0 Å². The summed E-state index contributed by atoms with van der Waals surface area (Å²) in [6.45, 7) is 2.22. The van der Waals surface area contributed by atoms with E-state index < -0.39 is 10.0 Å². The number of aryl methyl sites for hydroxylation is 1. The van der Waals surface area contributed by atoms with Crippen molar-refractivity contribution in [3.63, 3.8) is 0 Å². The van der Waals surface area contributed by atoms with Crippen molar-refractivity contribution in [2.24, 2.45) is 5.73 Å². The first kappa shape index (κ1) is 14.6. The van der Waals surface area contributed by atoms with Crippen molar-refractivity contribution < 1.29 is 8.42 Å². The quantitative estimate of drug-likeness (QED) is 0.846. The van der Waals surface area contributed by atoms with Crippen LogP contribution in [-0.2, 0) is 23.1 Å². The molecule has 2 rings (SSSR count). The highest BCUT2D eigenvalue weighted by atomic mass is 32.2. The molecule has 0 saturated carbocycles. The van der Waals surface area contributed by atoms with Crippen LogP contribution in [0.1, 0.15) is 17.0 Å². The molecule has 0 amide bonds. The average molecular weight is 292 g/mol. The number of hydrogen-bond donors (Lipinski definition) is 2. The summed E-state index contributed by atoms with van der Waals surface area (Å²) in [6, 6.07) is 6.54. The molecule has 6 nitrogen and oxygen atoms in total.